The van der Waals surface area contributed by atoms with E-state index >= 15 is 0 Å². The minimum atomic E-state index is -0.459. The van der Waals surface area contributed by atoms with Crippen LogP contribution in [0.25, 0.3) is 0 Å². The third-order valence-corrected chi connectivity index (χ3v) is 3.07. The van der Waals surface area contributed by atoms with Gasteiger partial charge in [-0.25, -0.2) is 4.98 Å². The number of nitro groups is 1. The van der Waals surface area contributed by atoms with E-state index in [2.05, 4.69) is 34.4 Å². The number of anilines is 2. The summed E-state index contributed by atoms with van der Waals surface area (Å²) < 4.78 is 0. The zero-order valence-electron chi connectivity index (χ0n) is 12.5. The number of nitrogens with one attached hydrogen (secondary N) is 2. The number of hydrogen-bond acceptors (Lipinski definition) is 6. The molecule has 7 nitrogen and oxygen atoms in total. The standard InChI is InChI=1S/C13H23N5O2/c1-5-7-14-13-15-8-11(18(19)20)12(17-13)16-10(6-2)9(3)4/h8-10H,5-7H2,1-4H3,(H2,14,15,16,17). The van der Waals surface area contributed by atoms with Crippen molar-refractivity contribution in [1.29, 1.82) is 0 Å². The van der Waals surface area contributed by atoms with Crippen LogP contribution in [0.2, 0.25) is 0 Å². The Kier molecular flexibility index (Phi) is 6.14. The molecule has 0 amide bonds. The molecule has 0 aliphatic heterocycles. The Morgan fingerprint density at radius 3 is 2.60 bits per heavy atom. The highest BCUT2D eigenvalue weighted by molar-refractivity contribution is 5.57. The van der Waals surface area contributed by atoms with Gasteiger partial charge in [0.05, 0.1) is 4.92 Å². The van der Waals surface area contributed by atoms with Crippen LogP contribution in [0.5, 0.6) is 0 Å². The van der Waals surface area contributed by atoms with E-state index in [0.717, 1.165) is 19.4 Å². The van der Waals surface area contributed by atoms with Crippen LogP contribution in [0.3, 0.4) is 0 Å². The molecule has 0 saturated carbocycles. The number of nitrogens with zero attached hydrogens (tertiary/aromatic N) is 3. The van der Waals surface area contributed by atoms with Crippen molar-refractivity contribution in [2.45, 2.75) is 46.6 Å². The number of rotatable bonds is 8. The first-order valence-electron chi connectivity index (χ1n) is 7.01. The van der Waals surface area contributed by atoms with Gasteiger partial charge in [0.1, 0.15) is 6.20 Å². The lowest BCUT2D eigenvalue weighted by Gasteiger charge is -2.21. The van der Waals surface area contributed by atoms with Gasteiger partial charge < -0.3 is 10.6 Å². The van der Waals surface area contributed by atoms with E-state index in [4.69, 9.17) is 0 Å². The molecular formula is C13H23N5O2. The van der Waals surface area contributed by atoms with Gasteiger partial charge in [0.15, 0.2) is 0 Å². The monoisotopic (exact) mass is 281 g/mol. The van der Waals surface area contributed by atoms with Crippen LogP contribution in [0.1, 0.15) is 40.5 Å². The molecule has 2 N–H and O–H groups in total. The normalized spacial score (nSPS) is 12.2. The highest BCUT2D eigenvalue weighted by atomic mass is 16.6. The van der Waals surface area contributed by atoms with Gasteiger partial charge in [0, 0.05) is 12.6 Å². The molecule has 1 heterocycles. The van der Waals surface area contributed by atoms with Crippen molar-refractivity contribution < 1.29 is 4.92 Å². The third kappa shape index (κ3) is 4.32. The second-order valence-corrected chi connectivity index (χ2v) is 5.01. The Morgan fingerprint density at radius 1 is 1.40 bits per heavy atom. The van der Waals surface area contributed by atoms with Crippen molar-refractivity contribution in [3.8, 4) is 0 Å². The van der Waals surface area contributed by atoms with Crippen molar-refractivity contribution in [3.63, 3.8) is 0 Å². The smallest absolute Gasteiger partial charge is 0.329 e. The lowest BCUT2D eigenvalue weighted by Crippen LogP contribution is -2.26. The molecule has 112 valence electrons. The summed E-state index contributed by atoms with van der Waals surface area (Å²) in [5, 5.41) is 17.3. The van der Waals surface area contributed by atoms with Crippen LogP contribution in [-0.2, 0) is 0 Å². The van der Waals surface area contributed by atoms with Gasteiger partial charge in [-0.05, 0) is 18.8 Å². The van der Waals surface area contributed by atoms with Crippen LogP contribution in [0.4, 0.5) is 17.5 Å². The summed E-state index contributed by atoms with van der Waals surface area (Å²) >= 11 is 0. The van der Waals surface area contributed by atoms with Crippen molar-refractivity contribution in [2.75, 3.05) is 17.2 Å². The van der Waals surface area contributed by atoms with Crippen LogP contribution in [0.15, 0.2) is 6.20 Å². The van der Waals surface area contributed by atoms with Crippen molar-refractivity contribution >= 4 is 17.5 Å². The lowest BCUT2D eigenvalue weighted by atomic mass is 10.0. The van der Waals surface area contributed by atoms with Crippen LogP contribution < -0.4 is 10.6 Å². The summed E-state index contributed by atoms with van der Waals surface area (Å²) in [6.45, 7) is 8.96. The Morgan fingerprint density at radius 2 is 2.10 bits per heavy atom. The molecule has 0 bridgehead atoms. The molecule has 20 heavy (non-hydrogen) atoms. The predicted molar refractivity (Wildman–Crippen MR) is 80.0 cm³/mol. The summed E-state index contributed by atoms with van der Waals surface area (Å²) in [5.41, 5.74) is -0.0915. The van der Waals surface area contributed by atoms with E-state index in [1.807, 2.05) is 13.8 Å². The fourth-order valence-electron chi connectivity index (χ4n) is 1.85. The molecule has 1 rings (SSSR count). The van der Waals surface area contributed by atoms with Gasteiger partial charge in [0.25, 0.3) is 0 Å². The summed E-state index contributed by atoms with van der Waals surface area (Å²) in [6, 6.07) is 0.141. The highest BCUT2D eigenvalue weighted by Crippen LogP contribution is 2.24. The Bertz CT molecular complexity index is 450. The predicted octanol–water partition coefficient (Wildman–Crippen LogP) is 3.05. The maximum atomic E-state index is 11.1. The molecule has 0 spiro atoms. The molecule has 0 aliphatic carbocycles. The molecule has 0 aliphatic rings. The Hall–Kier alpha value is -1.92. The first-order valence-corrected chi connectivity index (χ1v) is 7.01. The highest BCUT2D eigenvalue weighted by Gasteiger charge is 2.21. The van der Waals surface area contributed by atoms with E-state index in [1.54, 1.807) is 0 Å². The third-order valence-electron chi connectivity index (χ3n) is 3.07. The van der Waals surface area contributed by atoms with Gasteiger partial charge in [-0.2, -0.15) is 4.98 Å². The zero-order valence-corrected chi connectivity index (χ0v) is 12.5. The molecule has 0 aromatic carbocycles. The molecule has 0 radical (unpaired) electrons. The largest absolute Gasteiger partial charge is 0.361 e. The molecule has 1 aromatic rings. The van der Waals surface area contributed by atoms with E-state index < -0.39 is 4.92 Å². The van der Waals surface area contributed by atoms with E-state index in [1.165, 1.54) is 6.20 Å². The molecule has 0 saturated heterocycles. The van der Waals surface area contributed by atoms with Gasteiger partial charge in [-0.15, -0.1) is 0 Å². The van der Waals surface area contributed by atoms with Crippen molar-refractivity contribution in [2.24, 2.45) is 5.92 Å². The molecule has 0 fully saturated rings. The van der Waals surface area contributed by atoms with Gasteiger partial charge >= 0.3 is 5.69 Å². The summed E-state index contributed by atoms with van der Waals surface area (Å²) in [7, 11) is 0. The van der Waals surface area contributed by atoms with E-state index in [9.17, 15) is 10.1 Å². The first-order chi connectivity index (χ1) is 9.49. The van der Waals surface area contributed by atoms with E-state index in [0.29, 0.717) is 11.9 Å². The summed E-state index contributed by atoms with van der Waals surface area (Å²) in [5.74, 6) is 1.06. The fourth-order valence-corrected chi connectivity index (χ4v) is 1.85. The minimum absolute atomic E-state index is 0.0915. The SMILES string of the molecule is CCCNc1ncc([N+](=O)[O-])c(NC(CC)C(C)C)n1. The average molecular weight is 281 g/mol. The molecular weight excluding hydrogens is 258 g/mol. The second-order valence-electron chi connectivity index (χ2n) is 5.01. The van der Waals surface area contributed by atoms with Crippen molar-refractivity contribution in [1.82, 2.24) is 9.97 Å². The number of aromatic nitrogens is 2. The molecule has 1 aromatic heterocycles. The van der Waals surface area contributed by atoms with E-state index in [-0.39, 0.29) is 17.5 Å². The molecule has 7 heteroatoms. The Balaban J connectivity index is 3.01. The fraction of sp³-hybridized carbons (Fsp3) is 0.692. The first kappa shape index (κ1) is 16.1. The van der Waals surface area contributed by atoms with Gasteiger partial charge in [-0.1, -0.05) is 27.7 Å². The second kappa shape index (κ2) is 7.62. The summed E-state index contributed by atoms with van der Waals surface area (Å²) in [4.78, 5) is 18.8. The molecule has 1 atom stereocenters. The van der Waals surface area contributed by atoms with Crippen LogP contribution in [0, 0.1) is 16.0 Å². The van der Waals surface area contributed by atoms with Gasteiger partial charge in [-0.3, -0.25) is 10.1 Å². The minimum Gasteiger partial charge on any atom is -0.361 e. The van der Waals surface area contributed by atoms with Crippen molar-refractivity contribution in [3.05, 3.63) is 16.3 Å². The Labute approximate surface area is 119 Å². The topological polar surface area (TPSA) is 93.0 Å². The summed E-state index contributed by atoms with van der Waals surface area (Å²) in [6.07, 6.45) is 3.06. The molecule has 1 unspecified atom stereocenters. The zero-order chi connectivity index (χ0) is 15.1. The maximum Gasteiger partial charge on any atom is 0.329 e. The lowest BCUT2D eigenvalue weighted by molar-refractivity contribution is -0.384. The van der Waals surface area contributed by atoms with Crippen LogP contribution >= 0.6 is 0 Å². The quantitative estimate of drug-likeness (QED) is 0.562. The number of hydrogen-bond donors (Lipinski definition) is 2. The average Bonchev–Trinajstić information content (AvgIpc) is 2.41. The van der Waals surface area contributed by atoms with Crippen LogP contribution in [-0.4, -0.2) is 27.5 Å². The van der Waals surface area contributed by atoms with Gasteiger partial charge in [0.2, 0.25) is 11.8 Å². The maximum absolute atomic E-state index is 11.1.